The minimum Gasteiger partial charge on any atom is -0.456 e. The van der Waals surface area contributed by atoms with Crippen molar-refractivity contribution in [2.45, 2.75) is 58.0 Å². The third-order valence-corrected chi connectivity index (χ3v) is 10.00. The summed E-state index contributed by atoms with van der Waals surface area (Å²) in [5.41, 5.74) is 5.47. The number of carbonyl (C=O) groups excluding carboxylic acids is 1. The van der Waals surface area contributed by atoms with Crippen molar-refractivity contribution in [1.82, 2.24) is 0 Å². The Balaban J connectivity index is 4.03. The molecule has 0 radical (unpaired) electrons. The second-order valence-corrected chi connectivity index (χ2v) is 15.3. The second kappa shape index (κ2) is 6.56. The van der Waals surface area contributed by atoms with Gasteiger partial charge in [0.05, 0.1) is 6.61 Å². The molecule has 0 bridgehead atoms. The molecule has 0 aromatic heterocycles. The molecule has 1 atom stereocenters. The van der Waals surface area contributed by atoms with Gasteiger partial charge in [-0.3, -0.25) is 0 Å². The first kappa shape index (κ1) is 16.7. The lowest BCUT2D eigenvalue weighted by Gasteiger charge is -2.36. The molecule has 0 saturated heterocycles. The summed E-state index contributed by atoms with van der Waals surface area (Å²) < 4.78 is 11.0. The van der Waals surface area contributed by atoms with Gasteiger partial charge in [0.15, 0.2) is 16.6 Å². The summed E-state index contributed by atoms with van der Waals surface area (Å²) >= 11 is 0. The van der Waals surface area contributed by atoms with Crippen molar-refractivity contribution in [2.24, 2.45) is 5.73 Å². The number of nitrogens with two attached hydrogens (primary N) is 1. The van der Waals surface area contributed by atoms with Crippen LogP contribution in [-0.4, -0.2) is 29.3 Å². The number of hydrogen-bond donors (Lipinski definition) is 1. The van der Waals surface area contributed by atoms with Gasteiger partial charge in [0, 0.05) is 0 Å². The van der Waals surface area contributed by atoms with Gasteiger partial charge >= 0.3 is 6.09 Å². The third-order valence-electron chi connectivity index (χ3n) is 2.78. The zero-order chi connectivity index (χ0) is 13.7. The summed E-state index contributed by atoms with van der Waals surface area (Å²) in [4.78, 5) is 10.4. The van der Waals surface area contributed by atoms with Crippen molar-refractivity contribution >= 4 is 22.7 Å². The van der Waals surface area contributed by atoms with Gasteiger partial charge in [-0.2, -0.15) is 0 Å². The number of amides is 1. The van der Waals surface area contributed by atoms with Crippen molar-refractivity contribution in [3.05, 3.63) is 0 Å². The van der Waals surface area contributed by atoms with E-state index in [0.29, 0.717) is 12.1 Å². The number of rotatable bonds is 7. The molecule has 17 heavy (non-hydrogen) atoms. The second-order valence-electron chi connectivity index (χ2n) is 6.03. The number of hydrogen-bond acceptors (Lipinski definition) is 3. The molecule has 0 aromatic rings. The molecular formula is C11H27NO3Si2. The van der Waals surface area contributed by atoms with Gasteiger partial charge in [0.2, 0.25) is 0 Å². The zero-order valence-electron chi connectivity index (χ0n) is 12.0. The van der Waals surface area contributed by atoms with Crippen LogP contribution in [0.4, 0.5) is 4.79 Å². The lowest BCUT2D eigenvalue weighted by molar-refractivity contribution is 0.154. The molecule has 4 nitrogen and oxygen atoms in total. The summed E-state index contributed by atoms with van der Waals surface area (Å²) in [6.45, 7) is 13.9. The minimum atomic E-state index is -1.63. The van der Waals surface area contributed by atoms with Crippen LogP contribution in [0.3, 0.4) is 0 Å². The quantitative estimate of drug-likeness (QED) is 0.573. The molecular weight excluding hydrogens is 250 g/mol. The minimum absolute atomic E-state index is 0.414. The predicted molar refractivity (Wildman–Crippen MR) is 76.1 cm³/mol. The zero-order valence-corrected chi connectivity index (χ0v) is 14.0. The molecule has 0 spiro atoms. The SMILES string of the molecule is CC(CCCOC(N)=O)[Si](C)(C)O[Si](C)(C)C. The van der Waals surface area contributed by atoms with Crippen molar-refractivity contribution in [2.75, 3.05) is 6.61 Å². The van der Waals surface area contributed by atoms with Crippen molar-refractivity contribution < 1.29 is 13.6 Å². The fourth-order valence-corrected chi connectivity index (χ4v) is 9.82. The molecule has 0 aliphatic heterocycles. The van der Waals surface area contributed by atoms with Crippen LogP contribution in [0.1, 0.15) is 19.8 Å². The van der Waals surface area contributed by atoms with Gasteiger partial charge in [-0.25, -0.2) is 4.79 Å². The lowest BCUT2D eigenvalue weighted by atomic mass is 10.2. The summed E-state index contributed by atoms with van der Waals surface area (Å²) in [5, 5.41) is 0. The smallest absolute Gasteiger partial charge is 0.404 e. The highest BCUT2D eigenvalue weighted by atomic mass is 28.4. The molecule has 2 N–H and O–H groups in total. The molecule has 0 saturated carbocycles. The monoisotopic (exact) mass is 277 g/mol. The molecule has 6 heteroatoms. The van der Waals surface area contributed by atoms with Crippen LogP contribution in [0.15, 0.2) is 0 Å². The highest BCUT2D eigenvalue weighted by Crippen LogP contribution is 2.29. The Kier molecular flexibility index (Phi) is 6.43. The first-order chi connectivity index (χ1) is 7.54. The average Bonchev–Trinajstić information content (AvgIpc) is 2.07. The fraction of sp³-hybridized carbons (Fsp3) is 0.909. The van der Waals surface area contributed by atoms with E-state index in [0.717, 1.165) is 12.8 Å². The third kappa shape index (κ3) is 8.40. The normalized spacial score (nSPS) is 14.5. The van der Waals surface area contributed by atoms with Crippen LogP contribution in [0.5, 0.6) is 0 Å². The molecule has 102 valence electrons. The van der Waals surface area contributed by atoms with Crippen molar-refractivity contribution in [3.8, 4) is 0 Å². The van der Waals surface area contributed by atoms with Crippen LogP contribution in [0, 0.1) is 0 Å². The Hall–Kier alpha value is -0.336. The van der Waals surface area contributed by atoms with E-state index in [1.54, 1.807) is 0 Å². The molecule has 0 aromatic carbocycles. The maximum Gasteiger partial charge on any atom is 0.404 e. The topological polar surface area (TPSA) is 61.5 Å². The summed E-state index contributed by atoms with van der Waals surface area (Å²) in [6.07, 6.45) is 1.19. The van der Waals surface area contributed by atoms with E-state index in [1.165, 1.54) is 0 Å². The van der Waals surface area contributed by atoms with E-state index in [4.69, 9.17) is 14.6 Å². The Bertz CT molecular complexity index is 252. The largest absolute Gasteiger partial charge is 0.456 e. The van der Waals surface area contributed by atoms with E-state index >= 15 is 0 Å². The maximum absolute atomic E-state index is 10.4. The summed E-state index contributed by atoms with van der Waals surface area (Å²) in [6, 6.07) is 0. The summed E-state index contributed by atoms with van der Waals surface area (Å²) in [5.74, 6) is 0. The number of primary amides is 1. The van der Waals surface area contributed by atoms with E-state index < -0.39 is 22.7 Å². The fourth-order valence-electron chi connectivity index (χ4n) is 1.80. The molecule has 1 unspecified atom stereocenters. The Labute approximate surface area is 107 Å². The van der Waals surface area contributed by atoms with Gasteiger partial charge in [-0.15, -0.1) is 0 Å². The van der Waals surface area contributed by atoms with Gasteiger partial charge in [-0.1, -0.05) is 6.92 Å². The molecule has 0 heterocycles. The Morgan fingerprint density at radius 2 is 1.76 bits per heavy atom. The maximum atomic E-state index is 10.4. The van der Waals surface area contributed by atoms with Crippen LogP contribution in [0.2, 0.25) is 38.3 Å². The van der Waals surface area contributed by atoms with Gasteiger partial charge in [0.25, 0.3) is 0 Å². The van der Waals surface area contributed by atoms with Crippen molar-refractivity contribution in [1.29, 1.82) is 0 Å². The van der Waals surface area contributed by atoms with E-state index in [1.807, 2.05) is 0 Å². The van der Waals surface area contributed by atoms with Gasteiger partial charge < -0.3 is 14.6 Å². The summed E-state index contributed by atoms with van der Waals surface area (Å²) in [7, 11) is -3.09. The predicted octanol–water partition coefficient (Wildman–Crippen LogP) is 3.31. The van der Waals surface area contributed by atoms with Crippen LogP contribution >= 0.6 is 0 Å². The lowest BCUT2D eigenvalue weighted by Crippen LogP contribution is -2.45. The highest BCUT2D eigenvalue weighted by Gasteiger charge is 2.34. The van der Waals surface area contributed by atoms with Gasteiger partial charge in [-0.05, 0) is 51.1 Å². The standard InChI is InChI=1S/C11H27NO3Si2/c1-10(8-7-9-14-11(12)13)17(5,6)15-16(2,3)4/h10H,7-9H2,1-6H3,(H2,12,13). The van der Waals surface area contributed by atoms with Crippen LogP contribution in [0.25, 0.3) is 0 Å². The molecule has 0 fully saturated rings. The van der Waals surface area contributed by atoms with Crippen LogP contribution < -0.4 is 5.73 Å². The molecule has 0 rings (SSSR count). The van der Waals surface area contributed by atoms with E-state index in [9.17, 15) is 4.79 Å². The van der Waals surface area contributed by atoms with E-state index in [-0.39, 0.29) is 0 Å². The van der Waals surface area contributed by atoms with Gasteiger partial charge in [0.1, 0.15) is 0 Å². The molecule has 0 aliphatic carbocycles. The van der Waals surface area contributed by atoms with E-state index in [2.05, 4.69) is 39.7 Å². The molecule has 1 amide bonds. The number of ether oxygens (including phenoxy) is 1. The Morgan fingerprint density at radius 1 is 1.24 bits per heavy atom. The Morgan fingerprint density at radius 3 is 2.18 bits per heavy atom. The average molecular weight is 278 g/mol. The first-order valence-electron chi connectivity index (χ1n) is 6.17. The highest BCUT2D eigenvalue weighted by molar-refractivity contribution is 6.84. The van der Waals surface area contributed by atoms with Crippen LogP contribution in [-0.2, 0) is 8.85 Å². The molecule has 0 aliphatic rings. The number of carbonyl (C=O) groups is 1. The first-order valence-corrected chi connectivity index (χ1v) is 12.6. The van der Waals surface area contributed by atoms with Crippen molar-refractivity contribution in [3.63, 3.8) is 0 Å².